The maximum Gasteiger partial charge on any atom is 0.272 e. The van der Waals surface area contributed by atoms with Gasteiger partial charge in [-0.15, -0.1) is 5.10 Å². The summed E-state index contributed by atoms with van der Waals surface area (Å²) in [5.41, 5.74) is 2.12. The predicted octanol–water partition coefficient (Wildman–Crippen LogP) is 3.90. The average molecular weight is 346 g/mol. The monoisotopic (exact) mass is 346 g/mol. The van der Waals surface area contributed by atoms with Gasteiger partial charge >= 0.3 is 0 Å². The SMILES string of the molecule is COc1ccc(-n2nc(OCC(F)F)cc2-c2ccc(O)cc2)cc1. The summed E-state index contributed by atoms with van der Waals surface area (Å²) in [6.45, 7) is -0.728. The van der Waals surface area contributed by atoms with Crippen molar-refractivity contribution in [2.24, 2.45) is 0 Å². The molecule has 3 aromatic rings. The molecule has 1 N–H and O–H groups in total. The van der Waals surface area contributed by atoms with Crippen molar-refractivity contribution in [1.29, 1.82) is 0 Å². The summed E-state index contributed by atoms with van der Waals surface area (Å²) >= 11 is 0. The highest BCUT2D eigenvalue weighted by molar-refractivity contribution is 5.64. The van der Waals surface area contributed by atoms with Crippen LogP contribution in [0.5, 0.6) is 17.4 Å². The van der Waals surface area contributed by atoms with Crippen molar-refractivity contribution < 1.29 is 23.4 Å². The fourth-order valence-corrected chi connectivity index (χ4v) is 2.34. The number of halogens is 2. The molecular weight excluding hydrogens is 330 g/mol. The van der Waals surface area contributed by atoms with Gasteiger partial charge in [0.15, 0.2) is 6.61 Å². The van der Waals surface area contributed by atoms with Crippen molar-refractivity contribution in [3.05, 3.63) is 54.6 Å². The topological polar surface area (TPSA) is 56.5 Å². The molecule has 0 atom stereocenters. The summed E-state index contributed by atoms with van der Waals surface area (Å²) in [7, 11) is 1.57. The van der Waals surface area contributed by atoms with Crippen LogP contribution >= 0.6 is 0 Å². The first kappa shape index (κ1) is 16.8. The van der Waals surface area contributed by atoms with Gasteiger partial charge in [-0.25, -0.2) is 13.5 Å². The third-order valence-corrected chi connectivity index (χ3v) is 3.52. The summed E-state index contributed by atoms with van der Waals surface area (Å²) in [5, 5.41) is 13.7. The van der Waals surface area contributed by atoms with E-state index < -0.39 is 13.0 Å². The van der Waals surface area contributed by atoms with Gasteiger partial charge in [-0.05, 0) is 48.5 Å². The number of rotatable bonds is 6. The lowest BCUT2D eigenvalue weighted by Crippen LogP contribution is -2.07. The molecule has 5 nitrogen and oxygen atoms in total. The molecule has 1 heterocycles. The van der Waals surface area contributed by atoms with Crippen LogP contribution in [0.2, 0.25) is 0 Å². The van der Waals surface area contributed by atoms with Gasteiger partial charge < -0.3 is 14.6 Å². The van der Waals surface area contributed by atoms with E-state index in [4.69, 9.17) is 9.47 Å². The van der Waals surface area contributed by atoms with E-state index >= 15 is 0 Å². The molecule has 0 aliphatic heterocycles. The molecule has 25 heavy (non-hydrogen) atoms. The Balaban J connectivity index is 2.02. The number of methoxy groups -OCH3 is 1. The molecule has 2 aromatic carbocycles. The number of benzene rings is 2. The lowest BCUT2D eigenvalue weighted by Gasteiger charge is -2.08. The van der Waals surface area contributed by atoms with Crippen molar-refractivity contribution in [1.82, 2.24) is 9.78 Å². The van der Waals surface area contributed by atoms with Gasteiger partial charge in [-0.2, -0.15) is 0 Å². The Bertz CT molecular complexity index is 831. The maximum absolute atomic E-state index is 12.4. The largest absolute Gasteiger partial charge is 0.508 e. The van der Waals surface area contributed by atoms with Crippen LogP contribution in [-0.2, 0) is 0 Å². The Morgan fingerprint density at radius 3 is 2.36 bits per heavy atom. The summed E-state index contributed by atoms with van der Waals surface area (Å²) in [6, 6.07) is 15.2. The molecule has 0 saturated carbocycles. The first-order chi connectivity index (χ1) is 12.1. The molecule has 0 aliphatic carbocycles. The minimum absolute atomic E-state index is 0.0965. The number of aromatic nitrogens is 2. The second-order valence-corrected chi connectivity index (χ2v) is 5.23. The van der Waals surface area contributed by atoms with Gasteiger partial charge in [0.05, 0.1) is 18.5 Å². The minimum atomic E-state index is -2.58. The predicted molar refractivity (Wildman–Crippen MR) is 88.7 cm³/mol. The van der Waals surface area contributed by atoms with E-state index in [1.165, 1.54) is 0 Å². The van der Waals surface area contributed by atoms with Gasteiger partial charge in [-0.3, -0.25) is 0 Å². The number of phenols is 1. The number of hydrogen-bond donors (Lipinski definition) is 1. The van der Waals surface area contributed by atoms with Gasteiger partial charge in [0, 0.05) is 11.6 Å². The highest BCUT2D eigenvalue weighted by Crippen LogP contribution is 2.29. The number of ether oxygens (including phenoxy) is 2. The molecule has 0 saturated heterocycles. The number of aromatic hydroxyl groups is 1. The molecule has 0 fully saturated rings. The zero-order chi connectivity index (χ0) is 17.8. The van der Waals surface area contributed by atoms with Crippen LogP contribution in [0, 0.1) is 0 Å². The lowest BCUT2D eigenvalue weighted by molar-refractivity contribution is 0.0794. The summed E-state index contributed by atoms with van der Waals surface area (Å²) in [4.78, 5) is 0. The number of alkyl halides is 2. The van der Waals surface area contributed by atoms with Crippen LogP contribution in [0.1, 0.15) is 0 Å². The van der Waals surface area contributed by atoms with E-state index in [1.54, 1.807) is 66.4 Å². The van der Waals surface area contributed by atoms with Crippen LogP contribution in [0.3, 0.4) is 0 Å². The van der Waals surface area contributed by atoms with Crippen molar-refractivity contribution in [3.63, 3.8) is 0 Å². The minimum Gasteiger partial charge on any atom is -0.508 e. The molecule has 1 aromatic heterocycles. The van der Waals surface area contributed by atoms with Crippen LogP contribution in [0.25, 0.3) is 16.9 Å². The number of nitrogens with zero attached hydrogens (tertiary/aromatic N) is 2. The van der Waals surface area contributed by atoms with E-state index in [2.05, 4.69) is 5.10 Å². The fraction of sp³-hybridized carbons (Fsp3) is 0.167. The van der Waals surface area contributed by atoms with E-state index in [1.807, 2.05) is 0 Å². The van der Waals surface area contributed by atoms with Gasteiger partial charge in [0.25, 0.3) is 6.43 Å². The van der Waals surface area contributed by atoms with Crippen molar-refractivity contribution in [2.45, 2.75) is 6.43 Å². The van der Waals surface area contributed by atoms with Crippen LogP contribution in [0.4, 0.5) is 8.78 Å². The first-order valence-electron chi connectivity index (χ1n) is 7.51. The van der Waals surface area contributed by atoms with E-state index in [0.29, 0.717) is 11.4 Å². The molecule has 0 unspecified atom stereocenters. The zero-order valence-electron chi connectivity index (χ0n) is 13.4. The second-order valence-electron chi connectivity index (χ2n) is 5.23. The Morgan fingerprint density at radius 1 is 1.08 bits per heavy atom. The third kappa shape index (κ3) is 3.88. The Morgan fingerprint density at radius 2 is 1.76 bits per heavy atom. The quantitative estimate of drug-likeness (QED) is 0.735. The van der Waals surface area contributed by atoms with Crippen molar-refractivity contribution >= 4 is 0 Å². The molecule has 130 valence electrons. The Hall–Kier alpha value is -3.09. The first-order valence-corrected chi connectivity index (χ1v) is 7.51. The highest BCUT2D eigenvalue weighted by atomic mass is 19.3. The molecular formula is C18H16F2N2O3. The van der Waals surface area contributed by atoms with Gasteiger partial charge in [0.2, 0.25) is 5.88 Å². The maximum atomic E-state index is 12.4. The van der Waals surface area contributed by atoms with E-state index in [0.717, 1.165) is 11.3 Å². The fourth-order valence-electron chi connectivity index (χ4n) is 2.34. The average Bonchev–Trinajstić information content (AvgIpc) is 3.05. The molecule has 0 bridgehead atoms. The van der Waals surface area contributed by atoms with E-state index in [-0.39, 0.29) is 11.6 Å². The highest BCUT2D eigenvalue weighted by Gasteiger charge is 2.14. The molecule has 7 heteroatoms. The van der Waals surface area contributed by atoms with Crippen molar-refractivity contribution in [3.8, 4) is 34.3 Å². The molecule has 3 rings (SSSR count). The Labute approximate surface area is 143 Å². The van der Waals surface area contributed by atoms with Crippen molar-refractivity contribution in [2.75, 3.05) is 13.7 Å². The summed E-state index contributed by atoms with van der Waals surface area (Å²) in [5.74, 6) is 0.920. The Kier molecular flexibility index (Phi) is 4.83. The lowest BCUT2D eigenvalue weighted by atomic mass is 10.1. The number of phenolic OH excluding ortho intramolecular Hbond substituents is 1. The molecule has 0 radical (unpaired) electrons. The normalized spacial score (nSPS) is 10.9. The zero-order valence-corrected chi connectivity index (χ0v) is 13.4. The third-order valence-electron chi connectivity index (χ3n) is 3.52. The standard InChI is InChI=1S/C18H16F2N2O3/c1-24-15-8-4-13(5-9-15)22-16(12-2-6-14(23)7-3-12)10-18(21-22)25-11-17(19)20/h2-10,17,23H,11H2,1H3. The second kappa shape index (κ2) is 7.21. The van der Waals surface area contributed by atoms with Gasteiger partial charge in [0.1, 0.15) is 11.5 Å². The van der Waals surface area contributed by atoms with Crippen LogP contribution in [0.15, 0.2) is 54.6 Å². The van der Waals surface area contributed by atoms with Crippen LogP contribution in [-0.4, -0.2) is 35.0 Å². The summed E-state index contributed by atoms with van der Waals surface area (Å²) in [6.07, 6.45) is -2.58. The van der Waals surface area contributed by atoms with Gasteiger partial charge in [-0.1, -0.05) is 0 Å². The smallest absolute Gasteiger partial charge is 0.272 e. The molecule has 0 spiro atoms. The van der Waals surface area contributed by atoms with Crippen LogP contribution < -0.4 is 9.47 Å². The summed E-state index contributed by atoms with van der Waals surface area (Å²) < 4.78 is 36.6. The molecule has 0 aliphatic rings. The molecule has 0 amide bonds. The van der Waals surface area contributed by atoms with E-state index in [9.17, 15) is 13.9 Å². The number of hydrogen-bond acceptors (Lipinski definition) is 4.